The summed E-state index contributed by atoms with van der Waals surface area (Å²) in [5.74, 6) is -2.13. The van der Waals surface area contributed by atoms with Gasteiger partial charge in [-0.3, -0.25) is 4.79 Å². The maximum atomic E-state index is 13.3. The lowest BCUT2D eigenvalue weighted by atomic mass is 10.2. The molecule has 0 aliphatic carbocycles. The number of hydrogen-bond acceptors (Lipinski definition) is 5. The van der Waals surface area contributed by atoms with Crippen LogP contribution in [0.1, 0.15) is 6.92 Å². The van der Waals surface area contributed by atoms with Crippen LogP contribution in [0.15, 0.2) is 46.9 Å². The molecule has 1 atom stereocenters. The Bertz CT molecular complexity index is 951. The SMILES string of the molecule is CC(Sc1ncccc1Cl)C(=O)Nc1nc(-c2ccc(F)c(F)c2)cs1. The molecule has 1 N–H and O–H groups in total. The minimum absolute atomic E-state index is 0.261. The highest BCUT2D eigenvalue weighted by atomic mass is 35.5. The van der Waals surface area contributed by atoms with Crippen LogP contribution in [0.25, 0.3) is 11.3 Å². The number of amides is 1. The lowest BCUT2D eigenvalue weighted by molar-refractivity contribution is -0.115. The predicted molar refractivity (Wildman–Crippen MR) is 101 cm³/mol. The molecular weight excluding hydrogens is 400 g/mol. The number of pyridine rings is 1. The number of rotatable bonds is 5. The molecule has 0 saturated heterocycles. The molecule has 9 heteroatoms. The first kappa shape index (κ1) is 18.8. The lowest BCUT2D eigenvalue weighted by Crippen LogP contribution is -2.22. The van der Waals surface area contributed by atoms with Gasteiger partial charge in [-0.1, -0.05) is 23.4 Å². The molecular formula is C17H12ClF2N3OS2. The van der Waals surface area contributed by atoms with Gasteiger partial charge >= 0.3 is 0 Å². The normalized spacial score (nSPS) is 12.0. The number of nitrogens with one attached hydrogen (secondary N) is 1. The Hall–Kier alpha value is -2.03. The van der Waals surface area contributed by atoms with Gasteiger partial charge in [0.2, 0.25) is 5.91 Å². The van der Waals surface area contributed by atoms with Crippen LogP contribution < -0.4 is 5.32 Å². The van der Waals surface area contributed by atoms with Gasteiger partial charge in [0, 0.05) is 17.1 Å². The van der Waals surface area contributed by atoms with E-state index in [0.717, 1.165) is 12.1 Å². The number of carbonyl (C=O) groups is 1. The van der Waals surface area contributed by atoms with Gasteiger partial charge in [-0.15, -0.1) is 11.3 Å². The number of carbonyl (C=O) groups excluding carboxylic acids is 1. The Morgan fingerprint density at radius 1 is 1.31 bits per heavy atom. The maximum Gasteiger partial charge on any atom is 0.239 e. The van der Waals surface area contributed by atoms with Crippen LogP contribution in [0.2, 0.25) is 5.02 Å². The van der Waals surface area contributed by atoms with E-state index < -0.39 is 16.9 Å². The number of thioether (sulfide) groups is 1. The van der Waals surface area contributed by atoms with Crippen LogP contribution in [0, 0.1) is 11.6 Å². The van der Waals surface area contributed by atoms with Crippen molar-refractivity contribution in [2.24, 2.45) is 0 Å². The average Bonchev–Trinajstić information content (AvgIpc) is 3.07. The summed E-state index contributed by atoms with van der Waals surface area (Å²) in [6, 6.07) is 6.96. The number of halogens is 3. The Kier molecular flexibility index (Phi) is 5.85. The quantitative estimate of drug-likeness (QED) is 0.582. The average molecular weight is 412 g/mol. The maximum absolute atomic E-state index is 13.3. The molecule has 134 valence electrons. The minimum Gasteiger partial charge on any atom is -0.301 e. The van der Waals surface area contributed by atoms with Crippen molar-refractivity contribution in [3.8, 4) is 11.3 Å². The fourth-order valence-electron chi connectivity index (χ4n) is 2.01. The third kappa shape index (κ3) is 4.38. The van der Waals surface area contributed by atoms with Crippen molar-refractivity contribution < 1.29 is 13.6 Å². The van der Waals surface area contributed by atoms with E-state index in [0.29, 0.717) is 26.4 Å². The second-order valence-electron chi connectivity index (χ2n) is 5.21. The van der Waals surface area contributed by atoms with E-state index in [9.17, 15) is 13.6 Å². The predicted octanol–water partition coefficient (Wildman–Crippen LogP) is 5.26. The van der Waals surface area contributed by atoms with Gasteiger partial charge in [-0.25, -0.2) is 18.7 Å². The van der Waals surface area contributed by atoms with Gasteiger partial charge in [-0.2, -0.15) is 0 Å². The first-order valence-electron chi connectivity index (χ1n) is 7.43. The van der Waals surface area contributed by atoms with Crippen LogP contribution in [0.5, 0.6) is 0 Å². The van der Waals surface area contributed by atoms with E-state index in [-0.39, 0.29) is 5.91 Å². The van der Waals surface area contributed by atoms with E-state index in [1.807, 2.05) is 0 Å². The van der Waals surface area contributed by atoms with Crippen LogP contribution >= 0.6 is 34.7 Å². The molecule has 0 fully saturated rings. The zero-order valence-corrected chi connectivity index (χ0v) is 15.8. The van der Waals surface area contributed by atoms with Gasteiger partial charge in [0.15, 0.2) is 16.8 Å². The molecule has 26 heavy (non-hydrogen) atoms. The molecule has 0 radical (unpaired) electrons. The Labute approximate surface area is 161 Å². The summed E-state index contributed by atoms with van der Waals surface area (Å²) in [5.41, 5.74) is 0.889. The summed E-state index contributed by atoms with van der Waals surface area (Å²) in [5, 5.41) is 5.34. The highest BCUT2D eigenvalue weighted by molar-refractivity contribution is 8.00. The highest BCUT2D eigenvalue weighted by Crippen LogP contribution is 2.30. The van der Waals surface area contributed by atoms with Crippen LogP contribution in [-0.4, -0.2) is 21.1 Å². The Morgan fingerprint density at radius 2 is 2.12 bits per heavy atom. The first-order valence-corrected chi connectivity index (χ1v) is 9.57. The highest BCUT2D eigenvalue weighted by Gasteiger charge is 2.18. The molecule has 0 saturated carbocycles. The van der Waals surface area contributed by atoms with Crippen molar-refractivity contribution in [1.82, 2.24) is 9.97 Å². The molecule has 3 aromatic rings. The summed E-state index contributed by atoms with van der Waals surface area (Å²) in [4.78, 5) is 20.7. The zero-order chi connectivity index (χ0) is 18.7. The molecule has 4 nitrogen and oxygen atoms in total. The van der Waals surface area contributed by atoms with E-state index in [1.165, 1.54) is 29.2 Å². The topological polar surface area (TPSA) is 54.9 Å². The van der Waals surface area contributed by atoms with Gasteiger partial charge in [0.05, 0.1) is 16.0 Å². The number of thiazole rings is 1. The zero-order valence-electron chi connectivity index (χ0n) is 13.4. The third-order valence-corrected chi connectivity index (χ3v) is 5.62. The summed E-state index contributed by atoms with van der Waals surface area (Å²) in [7, 11) is 0. The van der Waals surface area contributed by atoms with Gasteiger partial charge < -0.3 is 5.32 Å². The lowest BCUT2D eigenvalue weighted by Gasteiger charge is -2.10. The van der Waals surface area contributed by atoms with E-state index in [4.69, 9.17) is 11.6 Å². The molecule has 2 aromatic heterocycles. The second-order valence-corrected chi connectivity index (χ2v) is 7.80. The third-order valence-electron chi connectivity index (χ3n) is 3.33. The second kappa shape index (κ2) is 8.11. The van der Waals surface area contributed by atoms with Crippen molar-refractivity contribution in [2.45, 2.75) is 17.2 Å². The fourth-order valence-corrected chi connectivity index (χ4v) is 3.79. The summed E-state index contributed by atoms with van der Waals surface area (Å²) in [6.45, 7) is 1.73. The molecule has 0 aliphatic rings. The number of benzene rings is 1. The largest absolute Gasteiger partial charge is 0.301 e. The Balaban J connectivity index is 1.67. The van der Waals surface area contributed by atoms with Crippen LogP contribution in [0.4, 0.5) is 13.9 Å². The van der Waals surface area contributed by atoms with E-state index in [2.05, 4.69) is 15.3 Å². The number of nitrogens with zero attached hydrogens (tertiary/aromatic N) is 2. The van der Waals surface area contributed by atoms with Crippen molar-refractivity contribution in [3.63, 3.8) is 0 Å². The van der Waals surface area contributed by atoms with Gasteiger partial charge in [-0.05, 0) is 37.3 Å². The fraction of sp³-hybridized carbons (Fsp3) is 0.118. The van der Waals surface area contributed by atoms with Crippen molar-refractivity contribution in [1.29, 1.82) is 0 Å². The van der Waals surface area contributed by atoms with Gasteiger partial charge in [0.1, 0.15) is 5.03 Å². The monoisotopic (exact) mass is 411 g/mol. The first-order chi connectivity index (χ1) is 12.4. The molecule has 3 rings (SSSR count). The summed E-state index contributed by atoms with van der Waals surface area (Å²) in [6.07, 6.45) is 1.60. The molecule has 2 heterocycles. The van der Waals surface area contributed by atoms with Crippen LogP contribution in [-0.2, 0) is 4.79 Å². The molecule has 0 aliphatic heterocycles. The number of hydrogen-bond donors (Lipinski definition) is 1. The van der Waals surface area contributed by atoms with Crippen molar-refractivity contribution in [2.75, 3.05) is 5.32 Å². The summed E-state index contributed by atoms with van der Waals surface area (Å²) >= 11 is 8.48. The Morgan fingerprint density at radius 3 is 2.85 bits per heavy atom. The number of aromatic nitrogens is 2. The standard InChI is InChI=1S/C17H12ClF2N3OS2/c1-9(26-16-11(18)3-2-6-21-16)15(24)23-17-22-14(8-25-17)10-4-5-12(19)13(20)7-10/h2-9H,1H3,(H,22,23,24). The molecule has 0 bridgehead atoms. The minimum atomic E-state index is -0.946. The molecule has 0 spiro atoms. The van der Waals surface area contributed by atoms with E-state index in [1.54, 1.807) is 30.6 Å². The van der Waals surface area contributed by atoms with Crippen molar-refractivity contribution in [3.05, 3.63) is 58.6 Å². The van der Waals surface area contributed by atoms with E-state index >= 15 is 0 Å². The summed E-state index contributed by atoms with van der Waals surface area (Å²) < 4.78 is 26.4. The number of anilines is 1. The van der Waals surface area contributed by atoms with Gasteiger partial charge in [0.25, 0.3) is 0 Å². The molecule has 1 unspecified atom stereocenters. The van der Waals surface area contributed by atoms with Crippen molar-refractivity contribution >= 4 is 45.7 Å². The molecule has 1 aromatic carbocycles. The van der Waals surface area contributed by atoms with Crippen LogP contribution in [0.3, 0.4) is 0 Å². The molecule has 1 amide bonds. The smallest absolute Gasteiger partial charge is 0.239 e.